The van der Waals surface area contributed by atoms with Crippen LogP contribution >= 0.6 is 0 Å². The van der Waals surface area contributed by atoms with Crippen molar-refractivity contribution in [2.24, 2.45) is 0 Å². The number of morpholine rings is 1. The molecule has 0 unspecified atom stereocenters. The Kier molecular flexibility index (Phi) is 2.71. The molecule has 1 saturated heterocycles. The second kappa shape index (κ2) is 4.37. The Labute approximate surface area is 103 Å². The van der Waals surface area contributed by atoms with Gasteiger partial charge < -0.3 is 9.26 Å². The molecule has 8 heteroatoms. The average molecular weight is 250 g/mol. The maximum Gasteiger partial charge on any atom is 0.210 e. The predicted molar refractivity (Wildman–Crippen MR) is 61.6 cm³/mol. The molecule has 1 fully saturated rings. The maximum absolute atomic E-state index is 5.32. The van der Waals surface area contributed by atoms with E-state index >= 15 is 0 Å². The molecule has 0 amide bonds. The molecule has 3 heterocycles. The van der Waals surface area contributed by atoms with E-state index in [-0.39, 0.29) is 0 Å². The topological polar surface area (TPSA) is 82.1 Å². The molecule has 0 radical (unpaired) electrons. The molecule has 8 nitrogen and oxygen atoms in total. The summed E-state index contributed by atoms with van der Waals surface area (Å²) in [5, 5.41) is 17.8. The van der Waals surface area contributed by atoms with Gasteiger partial charge in [-0.2, -0.15) is 0 Å². The van der Waals surface area contributed by atoms with Crippen molar-refractivity contribution in [3.63, 3.8) is 0 Å². The fourth-order valence-corrected chi connectivity index (χ4v) is 2.07. The first-order valence-electron chi connectivity index (χ1n) is 5.82. The minimum absolute atomic E-state index is 0.660. The van der Waals surface area contributed by atoms with E-state index in [1.165, 1.54) is 0 Å². The van der Waals surface area contributed by atoms with Gasteiger partial charge in [-0.3, -0.25) is 5.01 Å². The first kappa shape index (κ1) is 11.1. The van der Waals surface area contributed by atoms with Crippen LogP contribution in [0.2, 0.25) is 0 Å². The summed E-state index contributed by atoms with van der Waals surface area (Å²) in [7, 11) is 0. The maximum atomic E-state index is 5.32. The van der Waals surface area contributed by atoms with Gasteiger partial charge in [0.05, 0.1) is 37.6 Å². The standard InChI is InChI=1S/C10H14N6O2/c1-7-9(8(2)18-12-7)10-11-13-14-16(10)15-3-5-17-6-4-15/h3-6H2,1-2H3. The molecule has 3 rings (SSSR count). The van der Waals surface area contributed by atoms with E-state index in [9.17, 15) is 0 Å². The fourth-order valence-electron chi connectivity index (χ4n) is 2.07. The van der Waals surface area contributed by atoms with Crippen LogP contribution in [0.4, 0.5) is 0 Å². The van der Waals surface area contributed by atoms with Crippen LogP contribution in [-0.4, -0.2) is 51.8 Å². The Hall–Kier alpha value is -1.96. The molecule has 0 spiro atoms. The van der Waals surface area contributed by atoms with Gasteiger partial charge in [-0.1, -0.05) is 5.16 Å². The van der Waals surface area contributed by atoms with Crippen molar-refractivity contribution < 1.29 is 9.26 Å². The summed E-state index contributed by atoms with van der Waals surface area (Å²) >= 11 is 0. The first-order valence-corrected chi connectivity index (χ1v) is 5.82. The summed E-state index contributed by atoms with van der Waals surface area (Å²) in [6.45, 7) is 6.63. The van der Waals surface area contributed by atoms with Crippen molar-refractivity contribution in [1.82, 2.24) is 25.5 Å². The van der Waals surface area contributed by atoms with Crippen LogP contribution in [0.5, 0.6) is 0 Å². The quantitative estimate of drug-likeness (QED) is 0.736. The fraction of sp³-hybridized carbons (Fsp3) is 0.600. The van der Waals surface area contributed by atoms with E-state index in [0.717, 1.165) is 30.1 Å². The molecule has 1 aliphatic heterocycles. The molecule has 0 N–H and O–H groups in total. The summed E-state index contributed by atoms with van der Waals surface area (Å²) in [6.07, 6.45) is 0. The third-order valence-electron chi connectivity index (χ3n) is 2.97. The van der Waals surface area contributed by atoms with Crippen molar-refractivity contribution in [3.05, 3.63) is 11.5 Å². The van der Waals surface area contributed by atoms with Crippen LogP contribution in [0.1, 0.15) is 11.5 Å². The number of ether oxygens (including phenoxy) is 1. The highest BCUT2D eigenvalue weighted by molar-refractivity contribution is 5.59. The van der Waals surface area contributed by atoms with Crippen molar-refractivity contribution in [3.8, 4) is 11.4 Å². The van der Waals surface area contributed by atoms with E-state index in [1.807, 2.05) is 18.9 Å². The molecule has 0 aliphatic carbocycles. The number of nitrogens with zero attached hydrogens (tertiary/aromatic N) is 6. The lowest BCUT2D eigenvalue weighted by atomic mass is 10.2. The third-order valence-corrected chi connectivity index (χ3v) is 2.97. The molecule has 0 atom stereocenters. The smallest absolute Gasteiger partial charge is 0.210 e. The van der Waals surface area contributed by atoms with Crippen LogP contribution < -0.4 is 5.01 Å². The van der Waals surface area contributed by atoms with Gasteiger partial charge in [0.2, 0.25) is 5.82 Å². The van der Waals surface area contributed by atoms with E-state index in [0.29, 0.717) is 19.0 Å². The number of hydrogen-bond acceptors (Lipinski definition) is 7. The zero-order chi connectivity index (χ0) is 12.5. The van der Waals surface area contributed by atoms with Gasteiger partial charge >= 0.3 is 0 Å². The number of aryl methyl sites for hydroxylation is 2. The van der Waals surface area contributed by atoms with E-state index < -0.39 is 0 Å². The Balaban J connectivity index is 2.01. The third kappa shape index (κ3) is 1.74. The highest BCUT2D eigenvalue weighted by Gasteiger charge is 2.22. The monoisotopic (exact) mass is 250 g/mol. The zero-order valence-electron chi connectivity index (χ0n) is 10.3. The Morgan fingerprint density at radius 2 is 1.94 bits per heavy atom. The molecular weight excluding hydrogens is 236 g/mol. The van der Waals surface area contributed by atoms with Gasteiger partial charge in [-0.05, 0) is 24.3 Å². The summed E-state index contributed by atoms with van der Waals surface area (Å²) < 4.78 is 10.5. The summed E-state index contributed by atoms with van der Waals surface area (Å²) in [6, 6.07) is 0. The Bertz CT molecular complexity index is 523. The average Bonchev–Trinajstić information content (AvgIpc) is 2.97. The molecule has 2 aromatic heterocycles. The lowest BCUT2D eigenvalue weighted by molar-refractivity contribution is 0.109. The highest BCUT2D eigenvalue weighted by Crippen LogP contribution is 2.24. The molecule has 0 bridgehead atoms. The summed E-state index contributed by atoms with van der Waals surface area (Å²) in [5.74, 6) is 1.38. The largest absolute Gasteiger partial charge is 0.378 e. The molecule has 0 saturated carbocycles. The number of hydrogen-bond donors (Lipinski definition) is 0. The van der Waals surface area contributed by atoms with Gasteiger partial charge in [0, 0.05) is 0 Å². The number of aromatic nitrogens is 5. The summed E-state index contributed by atoms with van der Waals surface area (Å²) in [5.41, 5.74) is 1.64. The minimum atomic E-state index is 0.660. The van der Waals surface area contributed by atoms with Crippen molar-refractivity contribution in [2.75, 3.05) is 31.3 Å². The Morgan fingerprint density at radius 1 is 1.17 bits per heavy atom. The van der Waals surface area contributed by atoms with Crippen LogP contribution in [0, 0.1) is 13.8 Å². The SMILES string of the molecule is Cc1noc(C)c1-c1nnnn1N1CCOCC1. The van der Waals surface area contributed by atoms with Gasteiger partial charge in [-0.25, -0.2) is 0 Å². The predicted octanol–water partition coefficient (Wildman–Crippen LogP) is -0.0869. The molecule has 18 heavy (non-hydrogen) atoms. The second-order valence-electron chi connectivity index (χ2n) is 4.16. The van der Waals surface area contributed by atoms with Crippen molar-refractivity contribution >= 4 is 0 Å². The van der Waals surface area contributed by atoms with Gasteiger partial charge in [-0.15, -0.1) is 9.89 Å². The number of rotatable bonds is 2. The second-order valence-corrected chi connectivity index (χ2v) is 4.16. The lowest BCUT2D eigenvalue weighted by Crippen LogP contribution is -2.45. The highest BCUT2D eigenvalue weighted by atomic mass is 16.5. The van der Waals surface area contributed by atoms with Crippen molar-refractivity contribution in [1.29, 1.82) is 0 Å². The van der Waals surface area contributed by atoms with Gasteiger partial charge in [0.15, 0.2) is 0 Å². The molecule has 2 aromatic rings. The lowest BCUT2D eigenvalue weighted by Gasteiger charge is -2.28. The molecule has 0 aromatic carbocycles. The van der Waals surface area contributed by atoms with Crippen LogP contribution in [0.15, 0.2) is 4.52 Å². The van der Waals surface area contributed by atoms with E-state index in [4.69, 9.17) is 9.26 Å². The van der Waals surface area contributed by atoms with E-state index in [2.05, 4.69) is 20.7 Å². The van der Waals surface area contributed by atoms with Gasteiger partial charge in [0.1, 0.15) is 5.76 Å². The summed E-state index contributed by atoms with van der Waals surface area (Å²) in [4.78, 5) is 1.70. The van der Waals surface area contributed by atoms with Crippen LogP contribution in [-0.2, 0) is 4.74 Å². The van der Waals surface area contributed by atoms with Crippen LogP contribution in [0.3, 0.4) is 0 Å². The molecular formula is C10H14N6O2. The number of tetrazole rings is 1. The van der Waals surface area contributed by atoms with E-state index in [1.54, 1.807) is 4.79 Å². The molecule has 96 valence electrons. The zero-order valence-corrected chi connectivity index (χ0v) is 10.3. The molecule has 1 aliphatic rings. The minimum Gasteiger partial charge on any atom is -0.378 e. The Morgan fingerprint density at radius 3 is 2.61 bits per heavy atom. The van der Waals surface area contributed by atoms with Crippen LogP contribution in [0.25, 0.3) is 11.4 Å². The normalized spacial score (nSPS) is 16.2. The first-order chi connectivity index (χ1) is 8.77. The van der Waals surface area contributed by atoms with Gasteiger partial charge in [0.25, 0.3) is 0 Å². The van der Waals surface area contributed by atoms with Crippen molar-refractivity contribution in [2.45, 2.75) is 13.8 Å².